The van der Waals surface area contributed by atoms with Crippen LogP contribution in [-0.4, -0.2) is 36.5 Å². The molecule has 0 aliphatic carbocycles. The van der Waals surface area contributed by atoms with E-state index in [1.165, 1.54) is 44.1 Å². The van der Waals surface area contributed by atoms with Gasteiger partial charge in [0.25, 0.3) is 5.91 Å². The van der Waals surface area contributed by atoms with Gasteiger partial charge in [-0.25, -0.2) is 0 Å². The van der Waals surface area contributed by atoms with Gasteiger partial charge in [0.1, 0.15) is 18.1 Å². The van der Waals surface area contributed by atoms with Crippen LogP contribution in [-0.2, 0) is 13.0 Å². The number of hydrogen-bond acceptors (Lipinski definition) is 4. The lowest BCUT2D eigenvalue weighted by Crippen LogP contribution is -2.42. The highest BCUT2D eigenvalue weighted by Gasteiger charge is 2.16. The number of hydrogen-bond donors (Lipinski definition) is 1. The highest BCUT2D eigenvalue weighted by atomic mass is 16.5. The second-order valence-corrected chi connectivity index (χ2v) is 9.04. The third-order valence-corrected chi connectivity index (χ3v) is 5.79. The number of unbranched alkanes of at least 4 members (excludes halogenated alkanes) is 4. The van der Waals surface area contributed by atoms with Crippen LogP contribution in [0.5, 0.6) is 5.75 Å². The molecular formula is C28H44N2O3. The Labute approximate surface area is 200 Å². The molecule has 1 heterocycles. The predicted octanol–water partition coefficient (Wildman–Crippen LogP) is 6.61. The lowest BCUT2D eigenvalue weighted by molar-refractivity contribution is 0.0896. The van der Waals surface area contributed by atoms with Gasteiger partial charge in [-0.05, 0) is 69.1 Å². The Bertz CT molecular complexity index is 775. The smallest absolute Gasteiger partial charge is 0.287 e. The fourth-order valence-electron chi connectivity index (χ4n) is 3.97. The number of furan rings is 1. The summed E-state index contributed by atoms with van der Waals surface area (Å²) in [4.78, 5) is 15.2. The zero-order valence-corrected chi connectivity index (χ0v) is 21.2. The summed E-state index contributed by atoms with van der Waals surface area (Å²) < 4.78 is 11.6. The van der Waals surface area contributed by atoms with Crippen molar-refractivity contribution < 1.29 is 13.9 Å². The van der Waals surface area contributed by atoms with E-state index in [1.807, 2.05) is 18.2 Å². The molecule has 184 valence electrons. The maximum Gasteiger partial charge on any atom is 0.287 e. The Balaban J connectivity index is 1.81. The minimum Gasteiger partial charge on any atom is -0.486 e. The zero-order chi connectivity index (χ0) is 23.9. The molecule has 0 spiro atoms. The van der Waals surface area contributed by atoms with Crippen molar-refractivity contribution in [3.63, 3.8) is 0 Å². The first-order valence-corrected chi connectivity index (χ1v) is 12.9. The molecule has 1 N–H and O–H groups in total. The van der Waals surface area contributed by atoms with Crippen LogP contribution in [0.15, 0.2) is 40.8 Å². The fraction of sp³-hybridized carbons (Fsp3) is 0.607. The van der Waals surface area contributed by atoms with E-state index < -0.39 is 0 Å². The Kier molecular flexibility index (Phi) is 12.7. The Morgan fingerprint density at radius 2 is 1.61 bits per heavy atom. The Morgan fingerprint density at radius 3 is 2.21 bits per heavy atom. The zero-order valence-electron chi connectivity index (χ0n) is 21.2. The lowest BCUT2D eigenvalue weighted by Gasteiger charge is -2.26. The highest BCUT2D eigenvalue weighted by Crippen LogP contribution is 2.16. The van der Waals surface area contributed by atoms with Crippen molar-refractivity contribution in [3.8, 4) is 5.75 Å². The number of aryl methyl sites for hydroxylation is 1. The van der Waals surface area contributed by atoms with E-state index in [1.54, 1.807) is 6.07 Å². The summed E-state index contributed by atoms with van der Waals surface area (Å²) in [6, 6.07) is 11.8. The van der Waals surface area contributed by atoms with Crippen LogP contribution in [0.2, 0.25) is 0 Å². The summed E-state index contributed by atoms with van der Waals surface area (Å²) in [6.45, 7) is 12.1. The molecule has 0 aliphatic rings. The first-order valence-electron chi connectivity index (χ1n) is 12.9. The normalized spacial score (nSPS) is 12.2. The van der Waals surface area contributed by atoms with Gasteiger partial charge in [0, 0.05) is 12.6 Å². The first-order chi connectivity index (χ1) is 16.0. The number of nitrogens with zero attached hydrogens (tertiary/aromatic N) is 1. The second-order valence-electron chi connectivity index (χ2n) is 9.04. The average molecular weight is 457 g/mol. The summed E-state index contributed by atoms with van der Waals surface area (Å²) in [5, 5.41) is 3.10. The molecule has 0 saturated carbocycles. The molecule has 2 rings (SSSR count). The Hall–Kier alpha value is -2.27. The molecule has 1 unspecified atom stereocenters. The standard InChI is InChI=1S/C28H44N2O3/c1-5-8-10-19-30(20-11-9-6-2)21-23(4)29-28(31)27-18-17-26(33-27)22-32-25-15-13-24(12-7-3)14-16-25/h13-18,23H,5-12,19-22H2,1-4H3,(H,29,31). The molecule has 0 bridgehead atoms. The van der Waals surface area contributed by atoms with Crippen molar-refractivity contribution in [1.29, 1.82) is 0 Å². The van der Waals surface area contributed by atoms with Gasteiger partial charge < -0.3 is 19.4 Å². The molecule has 1 aromatic carbocycles. The van der Waals surface area contributed by atoms with Gasteiger partial charge >= 0.3 is 0 Å². The maximum absolute atomic E-state index is 12.7. The first kappa shape index (κ1) is 27.0. The van der Waals surface area contributed by atoms with Crippen LogP contribution in [0.25, 0.3) is 0 Å². The maximum atomic E-state index is 12.7. The van der Waals surface area contributed by atoms with Crippen molar-refractivity contribution in [2.24, 2.45) is 0 Å². The van der Waals surface area contributed by atoms with E-state index in [2.05, 4.69) is 50.0 Å². The summed E-state index contributed by atoms with van der Waals surface area (Å²) >= 11 is 0. The van der Waals surface area contributed by atoms with Crippen LogP contribution >= 0.6 is 0 Å². The van der Waals surface area contributed by atoms with Crippen LogP contribution in [0.4, 0.5) is 0 Å². The molecule has 33 heavy (non-hydrogen) atoms. The molecule has 5 nitrogen and oxygen atoms in total. The SMILES string of the molecule is CCCCCN(CCCCC)CC(C)NC(=O)c1ccc(COc2ccc(CCC)cc2)o1. The quantitative estimate of drug-likeness (QED) is 0.272. The van der Waals surface area contributed by atoms with Crippen LogP contribution in [0, 0.1) is 0 Å². The number of benzene rings is 1. The molecule has 1 aromatic heterocycles. The van der Waals surface area contributed by atoms with Gasteiger partial charge in [-0.3, -0.25) is 4.79 Å². The van der Waals surface area contributed by atoms with Gasteiger partial charge in [0.2, 0.25) is 0 Å². The van der Waals surface area contributed by atoms with Gasteiger partial charge in [-0.15, -0.1) is 0 Å². The topological polar surface area (TPSA) is 54.7 Å². The predicted molar refractivity (Wildman–Crippen MR) is 136 cm³/mol. The number of ether oxygens (including phenoxy) is 1. The summed E-state index contributed by atoms with van der Waals surface area (Å²) in [7, 11) is 0. The van der Waals surface area contributed by atoms with E-state index >= 15 is 0 Å². The minimum absolute atomic E-state index is 0.0622. The van der Waals surface area contributed by atoms with Crippen molar-refractivity contribution in [2.45, 2.75) is 91.7 Å². The average Bonchev–Trinajstić information content (AvgIpc) is 3.28. The Morgan fingerprint density at radius 1 is 0.939 bits per heavy atom. The third kappa shape index (κ3) is 10.5. The second kappa shape index (κ2) is 15.5. The van der Waals surface area contributed by atoms with Gasteiger partial charge in [0.15, 0.2) is 5.76 Å². The third-order valence-electron chi connectivity index (χ3n) is 5.79. The van der Waals surface area contributed by atoms with Crippen LogP contribution in [0.1, 0.15) is 94.5 Å². The van der Waals surface area contributed by atoms with Crippen molar-refractivity contribution in [3.05, 3.63) is 53.5 Å². The van der Waals surface area contributed by atoms with E-state index in [4.69, 9.17) is 9.15 Å². The van der Waals surface area contributed by atoms with Gasteiger partial charge in [0.05, 0.1) is 0 Å². The van der Waals surface area contributed by atoms with E-state index in [9.17, 15) is 4.79 Å². The number of amides is 1. The number of rotatable bonds is 17. The highest BCUT2D eigenvalue weighted by molar-refractivity contribution is 5.91. The minimum atomic E-state index is -0.167. The molecular weight excluding hydrogens is 412 g/mol. The largest absolute Gasteiger partial charge is 0.486 e. The molecule has 2 aromatic rings. The molecule has 0 radical (unpaired) electrons. The monoisotopic (exact) mass is 456 g/mol. The van der Waals surface area contributed by atoms with Crippen LogP contribution in [0.3, 0.4) is 0 Å². The number of nitrogens with one attached hydrogen (secondary N) is 1. The molecule has 1 amide bonds. The van der Waals surface area contributed by atoms with E-state index in [0.717, 1.165) is 38.2 Å². The molecule has 1 atom stereocenters. The lowest BCUT2D eigenvalue weighted by atomic mass is 10.1. The van der Waals surface area contributed by atoms with Gasteiger partial charge in [-0.1, -0.05) is 65.0 Å². The summed E-state index contributed by atoms with van der Waals surface area (Å²) in [5.41, 5.74) is 1.31. The van der Waals surface area contributed by atoms with E-state index in [0.29, 0.717) is 18.1 Å². The van der Waals surface area contributed by atoms with Crippen molar-refractivity contribution >= 4 is 5.91 Å². The molecule has 0 fully saturated rings. The van der Waals surface area contributed by atoms with Gasteiger partial charge in [-0.2, -0.15) is 0 Å². The number of carbonyl (C=O) groups excluding carboxylic acids is 1. The molecule has 0 saturated heterocycles. The van der Waals surface area contributed by atoms with Crippen LogP contribution < -0.4 is 10.1 Å². The van der Waals surface area contributed by atoms with E-state index in [-0.39, 0.29) is 11.9 Å². The van der Waals surface area contributed by atoms with Crippen molar-refractivity contribution in [2.75, 3.05) is 19.6 Å². The molecule has 0 aliphatic heterocycles. The fourth-order valence-corrected chi connectivity index (χ4v) is 3.97. The number of carbonyl (C=O) groups is 1. The molecule has 5 heteroatoms. The summed E-state index contributed by atoms with van der Waals surface area (Å²) in [5.74, 6) is 1.62. The summed E-state index contributed by atoms with van der Waals surface area (Å²) in [6.07, 6.45) is 9.60. The van der Waals surface area contributed by atoms with Crippen molar-refractivity contribution in [1.82, 2.24) is 10.2 Å².